The van der Waals surface area contributed by atoms with E-state index in [1.54, 1.807) is 6.92 Å². The first kappa shape index (κ1) is 21.2. The number of ether oxygens (including phenoxy) is 1. The number of hydrogen-bond acceptors (Lipinski definition) is 3. The molecule has 2 atom stereocenters. The van der Waals surface area contributed by atoms with Crippen molar-refractivity contribution in [2.24, 2.45) is 5.92 Å². The summed E-state index contributed by atoms with van der Waals surface area (Å²) in [7, 11) is 0. The van der Waals surface area contributed by atoms with Crippen LogP contribution in [0.3, 0.4) is 0 Å². The van der Waals surface area contributed by atoms with Gasteiger partial charge in [-0.15, -0.1) is 0 Å². The first-order chi connectivity index (χ1) is 13.3. The van der Waals surface area contributed by atoms with Crippen LogP contribution in [-0.4, -0.2) is 24.0 Å². The molecule has 0 heterocycles. The highest BCUT2D eigenvalue weighted by molar-refractivity contribution is 5.36. The van der Waals surface area contributed by atoms with Crippen LogP contribution in [0, 0.1) is 5.92 Å². The fourth-order valence-electron chi connectivity index (χ4n) is 3.77. The predicted molar refractivity (Wildman–Crippen MR) is 111 cm³/mol. The molecule has 1 saturated carbocycles. The molecule has 2 aromatic carbocycles. The Kier molecular flexibility index (Phi) is 9.64. The molecule has 27 heavy (non-hydrogen) atoms. The predicted octanol–water partition coefficient (Wildman–Crippen LogP) is 5.45. The molecule has 0 bridgehead atoms. The lowest BCUT2D eigenvalue weighted by atomic mass is 10.0. The molecule has 146 valence electrons. The zero-order valence-corrected chi connectivity index (χ0v) is 16.7. The maximum atomic E-state index is 9.18. The number of nitrogens with zero attached hydrogens (tertiary/aromatic N) is 1. The van der Waals surface area contributed by atoms with Crippen LogP contribution in [0.2, 0.25) is 0 Å². The van der Waals surface area contributed by atoms with Gasteiger partial charge in [0.1, 0.15) is 0 Å². The normalized spacial score (nSPS) is 18.6. The second-order valence-electron chi connectivity index (χ2n) is 7.17. The van der Waals surface area contributed by atoms with Gasteiger partial charge in [-0.25, -0.2) is 0 Å². The van der Waals surface area contributed by atoms with Crippen LogP contribution in [0.25, 0.3) is 0 Å². The molecule has 1 aliphatic carbocycles. The molecule has 0 saturated heterocycles. The van der Waals surface area contributed by atoms with Crippen molar-refractivity contribution in [3.63, 3.8) is 0 Å². The van der Waals surface area contributed by atoms with E-state index in [1.165, 1.54) is 36.8 Å². The van der Waals surface area contributed by atoms with Gasteiger partial charge in [0, 0.05) is 19.1 Å². The van der Waals surface area contributed by atoms with E-state index in [1.807, 2.05) is 0 Å². The smallest absolute Gasteiger partial charge is 0.293 e. The van der Waals surface area contributed by atoms with Crippen molar-refractivity contribution in [1.82, 2.24) is 4.90 Å². The van der Waals surface area contributed by atoms with Gasteiger partial charge in [-0.05, 0) is 43.2 Å². The van der Waals surface area contributed by atoms with E-state index >= 15 is 0 Å². The average molecular weight is 368 g/mol. The lowest BCUT2D eigenvalue weighted by Crippen LogP contribution is -2.32. The van der Waals surface area contributed by atoms with Gasteiger partial charge in [0.15, 0.2) is 0 Å². The van der Waals surface area contributed by atoms with E-state index in [9.17, 15) is 4.79 Å². The van der Waals surface area contributed by atoms with E-state index in [-0.39, 0.29) is 0 Å². The maximum absolute atomic E-state index is 9.18. The highest BCUT2D eigenvalue weighted by atomic mass is 16.5. The van der Waals surface area contributed by atoms with Crippen molar-refractivity contribution >= 4 is 6.47 Å². The molecule has 0 aromatic heterocycles. The summed E-state index contributed by atoms with van der Waals surface area (Å²) in [4.78, 5) is 11.9. The van der Waals surface area contributed by atoms with Crippen LogP contribution >= 0.6 is 0 Å². The van der Waals surface area contributed by atoms with Gasteiger partial charge in [-0.3, -0.25) is 9.69 Å². The maximum Gasteiger partial charge on any atom is 0.293 e. The number of carbonyl (C=O) groups excluding carboxylic acids is 1. The molecule has 3 heteroatoms. The number of rotatable bonds is 8. The SMILES string of the molecule is CCC1CCC(N(Cc2ccccc2)Cc2ccccc2)C1.CCOC=O. The molecular formula is C24H33NO2. The minimum atomic E-state index is 0.431. The van der Waals surface area contributed by atoms with E-state index in [0.29, 0.717) is 13.1 Å². The minimum absolute atomic E-state index is 0.431. The molecular weight excluding hydrogens is 334 g/mol. The summed E-state index contributed by atoms with van der Waals surface area (Å²) < 4.78 is 4.15. The summed E-state index contributed by atoms with van der Waals surface area (Å²) in [6.07, 6.45) is 5.47. The second-order valence-corrected chi connectivity index (χ2v) is 7.17. The Hall–Kier alpha value is -2.13. The van der Waals surface area contributed by atoms with E-state index in [4.69, 9.17) is 0 Å². The zero-order valence-electron chi connectivity index (χ0n) is 16.7. The molecule has 0 aliphatic heterocycles. The number of hydrogen-bond donors (Lipinski definition) is 0. The largest absolute Gasteiger partial charge is 0.468 e. The van der Waals surface area contributed by atoms with Gasteiger partial charge in [-0.2, -0.15) is 0 Å². The van der Waals surface area contributed by atoms with E-state index < -0.39 is 0 Å². The van der Waals surface area contributed by atoms with Crippen LogP contribution in [0.15, 0.2) is 60.7 Å². The van der Waals surface area contributed by atoms with E-state index in [2.05, 4.69) is 77.2 Å². The van der Waals surface area contributed by atoms with Crippen molar-refractivity contribution in [3.8, 4) is 0 Å². The Morgan fingerprint density at radius 2 is 1.48 bits per heavy atom. The standard InChI is InChI=1S/C21H27N.C3H6O2/c1-2-18-13-14-21(15-18)22(16-19-9-5-3-6-10-19)17-20-11-7-4-8-12-20;1-2-5-3-4/h3-12,18,21H,2,13-17H2,1H3;3H,2H2,1H3. The number of benzene rings is 2. The van der Waals surface area contributed by atoms with Crippen molar-refractivity contribution in [2.45, 2.75) is 58.7 Å². The molecule has 0 radical (unpaired) electrons. The highest BCUT2D eigenvalue weighted by Gasteiger charge is 2.28. The number of carbonyl (C=O) groups is 1. The molecule has 3 nitrogen and oxygen atoms in total. The Morgan fingerprint density at radius 1 is 0.926 bits per heavy atom. The molecule has 0 spiro atoms. The fraction of sp³-hybridized carbons (Fsp3) is 0.458. The topological polar surface area (TPSA) is 29.5 Å². The van der Waals surface area contributed by atoms with Crippen molar-refractivity contribution in [1.29, 1.82) is 0 Å². The van der Waals surface area contributed by atoms with E-state index in [0.717, 1.165) is 25.0 Å². The summed E-state index contributed by atoms with van der Waals surface area (Å²) in [6.45, 7) is 7.14. The Labute approximate surface area is 164 Å². The molecule has 0 N–H and O–H groups in total. The van der Waals surface area contributed by atoms with Crippen LogP contribution in [0.1, 0.15) is 50.7 Å². The van der Waals surface area contributed by atoms with Gasteiger partial charge >= 0.3 is 0 Å². The summed E-state index contributed by atoms with van der Waals surface area (Å²) >= 11 is 0. The first-order valence-corrected chi connectivity index (χ1v) is 10.1. The van der Waals surface area contributed by atoms with Crippen molar-refractivity contribution in [3.05, 3.63) is 71.8 Å². The van der Waals surface area contributed by atoms with Crippen LogP contribution < -0.4 is 0 Å². The lowest BCUT2D eigenvalue weighted by Gasteiger charge is -2.29. The quantitative estimate of drug-likeness (QED) is 0.581. The highest BCUT2D eigenvalue weighted by Crippen LogP contribution is 2.33. The third-order valence-corrected chi connectivity index (χ3v) is 5.30. The van der Waals surface area contributed by atoms with Gasteiger partial charge in [0.2, 0.25) is 0 Å². The lowest BCUT2D eigenvalue weighted by molar-refractivity contribution is -0.128. The van der Waals surface area contributed by atoms with Crippen molar-refractivity contribution < 1.29 is 9.53 Å². The molecule has 3 rings (SSSR count). The van der Waals surface area contributed by atoms with Gasteiger partial charge in [-0.1, -0.05) is 74.0 Å². The monoisotopic (exact) mass is 367 g/mol. The molecule has 1 fully saturated rings. The second kappa shape index (κ2) is 12.3. The third-order valence-electron chi connectivity index (χ3n) is 5.30. The summed E-state index contributed by atoms with van der Waals surface area (Å²) in [5.41, 5.74) is 2.86. The molecule has 0 amide bonds. The zero-order chi connectivity index (χ0) is 19.3. The van der Waals surface area contributed by atoms with Gasteiger partial charge in [0.05, 0.1) is 6.61 Å². The Morgan fingerprint density at radius 3 is 1.85 bits per heavy atom. The van der Waals surface area contributed by atoms with Crippen molar-refractivity contribution in [2.75, 3.05) is 6.61 Å². The molecule has 2 unspecified atom stereocenters. The summed E-state index contributed by atoms with van der Waals surface area (Å²) in [5, 5.41) is 0. The Balaban J connectivity index is 0.000000465. The summed E-state index contributed by atoms with van der Waals surface area (Å²) in [6, 6.07) is 22.6. The minimum Gasteiger partial charge on any atom is -0.468 e. The summed E-state index contributed by atoms with van der Waals surface area (Å²) in [5.74, 6) is 0.930. The van der Waals surface area contributed by atoms with Gasteiger partial charge < -0.3 is 4.74 Å². The van der Waals surface area contributed by atoms with Crippen LogP contribution in [-0.2, 0) is 22.6 Å². The average Bonchev–Trinajstić information content (AvgIpc) is 3.20. The Bertz CT molecular complexity index is 588. The first-order valence-electron chi connectivity index (χ1n) is 10.1. The third kappa shape index (κ3) is 7.56. The van der Waals surface area contributed by atoms with Crippen LogP contribution in [0.4, 0.5) is 0 Å². The van der Waals surface area contributed by atoms with Gasteiger partial charge in [0.25, 0.3) is 6.47 Å². The fourth-order valence-corrected chi connectivity index (χ4v) is 3.77. The molecule has 1 aliphatic rings. The van der Waals surface area contributed by atoms with Crippen LogP contribution in [0.5, 0.6) is 0 Å². The molecule has 2 aromatic rings.